The number of aromatic amines is 1. The first kappa shape index (κ1) is 17.4. The van der Waals surface area contributed by atoms with Crippen molar-refractivity contribution in [3.63, 3.8) is 0 Å². The fourth-order valence-electron chi connectivity index (χ4n) is 2.97. The molecule has 0 radical (unpaired) electrons. The highest BCUT2D eigenvalue weighted by atomic mass is 16.5. The third-order valence-electron chi connectivity index (χ3n) is 4.32. The van der Waals surface area contributed by atoms with Gasteiger partial charge in [-0.15, -0.1) is 0 Å². The minimum atomic E-state index is -0.288. The van der Waals surface area contributed by atoms with Crippen molar-refractivity contribution >= 4 is 22.6 Å². The van der Waals surface area contributed by atoms with Crippen molar-refractivity contribution in [2.24, 2.45) is 0 Å². The number of pyridine rings is 1. The summed E-state index contributed by atoms with van der Waals surface area (Å²) in [7, 11) is 1.58. The number of benzene rings is 1. The Bertz CT molecular complexity index is 1170. The summed E-state index contributed by atoms with van der Waals surface area (Å²) in [4.78, 5) is 27.7. The van der Waals surface area contributed by atoms with E-state index in [4.69, 9.17) is 4.74 Å². The maximum atomic E-state index is 11.7. The first-order valence-corrected chi connectivity index (χ1v) is 8.54. The number of carbonyl (C=O) groups excluding carboxylic acids is 1. The fraction of sp³-hybridized carbons (Fsp3) is 0.0476. The zero-order valence-corrected chi connectivity index (χ0v) is 15.1. The van der Waals surface area contributed by atoms with Gasteiger partial charge in [0.1, 0.15) is 17.7 Å². The van der Waals surface area contributed by atoms with Crippen molar-refractivity contribution in [1.29, 1.82) is 0 Å². The van der Waals surface area contributed by atoms with E-state index in [1.54, 1.807) is 25.6 Å². The van der Waals surface area contributed by atoms with Gasteiger partial charge in [-0.2, -0.15) is 0 Å². The lowest BCUT2D eigenvalue weighted by Gasteiger charge is -2.10. The van der Waals surface area contributed by atoms with Crippen molar-refractivity contribution in [3.05, 3.63) is 67.9 Å². The van der Waals surface area contributed by atoms with Gasteiger partial charge in [-0.3, -0.25) is 4.79 Å². The third-order valence-corrected chi connectivity index (χ3v) is 4.32. The summed E-state index contributed by atoms with van der Waals surface area (Å²) in [6.45, 7) is 3.48. The van der Waals surface area contributed by atoms with Gasteiger partial charge in [0.05, 0.1) is 12.8 Å². The van der Waals surface area contributed by atoms with Crippen molar-refractivity contribution in [2.45, 2.75) is 0 Å². The molecule has 0 saturated heterocycles. The number of anilines is 1. The summed E-state index contributed by atoms with van der Waals surface area (Å²) in [5, 5.41) is 3.71. The number of nitrogens with zero attached hydrogens (tertiary/aromatic N) is 3. The number of H-pyrrole nitrogens is 1. The molecule has 2 N–H and O–H groups in total. The average Bonchev–Trinajstić information content (AvgIpc) is 3.17. The monoisotopic (exact) mass is 371 g/mol. The zero-order valence-electron chi connectivity index (χ0n) is 15.1. The lowest BCUT2D eigenvalue weighted by molar-refractivity contribution is -0.111. The Morgan fingerprint density at radius 1 is 1.21 bits per heavy atom. The Kier molecular flexibility index (Phi) is 4.55. The maximum Gasteiger partial charge on any atom is 0.247 e. The Hall–Kier alpha value is -4.00. The van der Waals surface area contributed by atoms with Crippen LogP contribution in [-0.4, -0.2) is 33.0 Å². The number of hydrogen-bond acceptors (Lipinski definition) is 5. The van der Waals surface area contributed by atoms with E-state index in [9.17, 15) is 4.79 Å². The van der Waals surface area contributed by atoms with E-state index >= 15 is 0 Å². The van der Waals surface area contributed by atoms with Crippen LogP contribution in [0.5, 0.6) is 5.75 Å². The summed E-state index contributed by atoms with van der Waals surface area (Å²) in [5.74, 6) is 0.339. The van der Waals surface area contributed by atoms with Gasteiger partial charge in [0.15, 0.2) is 0 Å². The van der Waals surface area contributed by atoms with Crippen LogP contribution in [0.4, 0.5) is 5.69 Å². The van der Waals surface area contributed by atoms with Crippen molar-refractivity contribution in [2.75, 3.05) is 12.4 Å². The van der Waals surface area contributed by atoms with Crippen LogP contribution in [0.3, 0.4) is 0 Å². The highest BCUT2D eigenvalue weighted by Gasteiger charge is 2.11. The highest BCUT2D eigenvalue weighted by Crippen LogP contribution is 2.32. The predicted molar refractivity (Wildman–Crippen MR) is 108 cm³/mol. The van der Waals surface area contributed by atoms with Crippen LogP contribution >= 0.6 is 0 Å². The van der Waals surface area contributed by atoms with E-state index < -0.39 is 0 Å². The van der Waals surface area contributed by atoms with Gasteiger partial charge in [0.2, 0.25) is 5.91 Å². The quantitative estimate of drug-likeness (QED) is 0.520. The van der Waals surface area contributed by atoms with Gasteiger partial charge in [0.25, 0.3) is 0 Å². The van der Waals surface area contributed by atoms with E-state index in [-0.39, 0.29) is 5.91 Å². The van der Waals surface area contributed by atoms with Crippen LogP contribution in [0, 0.1) is 0 Å². The number of ether oxygens (including phenoxy) is 1. The van der Waals surface area contributed by atoms with E-state index in [1.165, 1.54) is 12.4 Å². The zero-order chi connectivity index (χ0) is 19.5. The summed E-state index contributed by atoms with van der Waals surface area (Å²) < 4.78 is 5.38. The Morgan fingerprint density at radius 2 is 2.11 bits per heavy atom. The van der Waals surface area contributed by atoms with E-state index in [0.29, 0.717) is 11.4 Å². The molecular weight excluding hydrogens is 354 g/mol. The minimum absolute atomic E-state index is 0.288. The smallest absolute Gasteiger partial charge is 0.247 e. The number of rotatable bonds is 5. The largest absolute Gasteiger partial charge is 0.497 e. The molecule has 4 aromatic rings. The second-order valence-electron chi connectivity index (χ2n) is 6.06. The molecule has 28 heavy (non-hydrogen) atoms. The Balaban J connectivity index is 1.82. The molecule has 0 aliphatic heterocycles. The molecule has 0 spiro atoms. The molecule has 4 rings (SSSR count). The molecule has 138 valence electrons. The second kappa shape index (κ2) is 7.32. The summed E-state index contributed by atoms with van der Waals surface area (Å²) in [5.41, 5.74) is 4.88. The van der Waals surface area contributed by atoms with Crippen LogP contribution < -0.4 is 10.1 Å². The number of nitrogens with one attached hydrogen (secondary N) is 2. The minimum Gasteiger partial charge on any atom is -0.497 e. The standard InChI is InChI=1S/C21H17N5O2/c1-3-20(27)26-15-6-13(7-16(9-15)28-2)14-8-17-18(11-24-21(17)23-10-14)19-4-5-22-12-25-19/h3-12H,1H2,2H3,(H,23,24)(H,26,27). The SMILES string of the molecule is C=CC(=O)Nc1cc(OC)cc(-c2cnc3[nH]cc(-c4ccncn4)c3c2)c1. The molecule has 0 atom stereocenters. The van der Waals surface area contributed by atoms with Crippen LogP contribution in [0.1, 0.15) is 0 Å². The molecule has 3 aromatic heterocycles. The van der Waals surface area contributed by atoms with Crippen molar-refractivity contribution in [3.8, 4) is 28.1 Å². The number of carbonyl (C=O) groups is 1. The molecule has 0 bridgehead atoms. The third kappa shape index (κ3) is 3.33. The molecule has 1 aromatic carbocycles. The molecule has 0 aliphatic rings. The molecular formula is C21H17N5O2. The van der Waals surface area contributed by atoms with Gasteiger partial charge in [-0.05, 0) is 35.9 Å². The summed E-state index contributed by atoms with van der Waals surface area (Å²) in [6, 6.07) is 9.39. The summed E-state index contributed by atoms with van der Waals surface area (Å²) in [6.07, 6.45) is 8.10. The van der Waals surface area contributed by atoms with Gasteiger partial charge in [0, 0.05) is 46.9 Å². The fourth-order valence-corrected chi connectivity index (χ4v) is 2.97. The molecule has 7 nitrogen and oxygen atoms in total. The van der Waals surface area contributed by atoms with Crippen LogP contribution in [0.25, 0.3) is 33.4 Å². The average molecular weight is 371 g/mol. The molecule has 0 saturated carbocycles. The number of fused-ring (bicyclic) bond motifs is 1. The van der Waals surface area contributed by atoms with Gasteiger partial charge in [-0.1, -0.05) is 6.58 Å². The van der Waals surface area contributed by atoms with Crippen molar-refractivity contribution < 1.29 is 9.53 Å². The molecule has 0 aliphatic carbocycles. The highest BCUT2D eigenvalue weighted by molar-refractivity contribution is 6.00. The normalized spacial score (nSPS) is 10.6. The Labute approximate surface area is 161 Å². The van der Waals surface area contributed by atoms with E-state index in [2.05, 4.69) is 31.8 Å². The van der Waals surface area contributed by atoms with E-state index in [0.717, 1.165) is 33.4 Å². The maximum absolute atomic E-state index is 11.7. The number of hydrogen-bond donors (Lipinski definition) is 2. The molecule has 0 fully saturated rings. The second-order valence-corrected chi connectivity index (χ2v) is 6.06. The molecule has 3 heterocycles. The lowest BCUT2D eigenvalue weighted by atomic mass is 10.0. The van der Waals surface area contributed by atoms with E-state index in [1.807, 2.05) is 30.5 Å². The van der Waals surface area contributed by atoms with Crippen LogP contribution in [0.2, 0.25) is 0 Å². The number of amides is 1. The van der Waals surface area contributed by atoms with Gasteiger partial charge < -0.3 is 15.0 Å². The van der Waals surface area contributed by atoms with Crippen LogP contribution in [-0.2, 0) is 4.79 Å². The predicted octanol–water partition coefficient (Wildman–Crippen LogP) is 3.82. The molecule has 7 heteroatoms. The number of methoxy groups -OCH3 is 1. The van der Waals surface area contributed by atoms with Gasteiger partial charge >= 0.3 is 0 Å². The van der Waals surface area contributed by atoms with Crippen molar-refractivity contribution in [1.82, 2.24) is 19.9 Å². The molecule has 1 amide bonds. The summed E-state index contributed by atoms with van der Waals surface area (Å²) >= 11 is 0. The number of aromatic nitrogens is 4. The van der Waals surface area contributed by atoms with Gasteiger partial charge in [-0.25, -0.2) is 15.0 Å². The topological polar surface area (TPSA) is 92.8 Å². The molecule has 0 unspecified atom stereocenters. The lowest BCUT2D eigenvalue weighted by Crippen LogP contribution is -2.07. The van der Waals surface area contributed by atoms with Crippen LogP contribution in [0.15, 0.2) is 67.9 Å². The first-order valence-electron chi connectivity index (χ1n) is 8.54. The Morgan fingerprint density at radius 3 is 2.86 bits per heavy atom. The first-order chi connectivity index (χ1) is 13.7.